The molecule has 4 nitrogen and oxygen atoms in total. The number of fused-ring (bicyclic) bond motifs is 1. The van der Waals surface area contributed by atoms with Gasteiger partial charge in [0.25, 0.3) is 5.91 Å². The van der Waals surface area contributed by atoms with E-state index in [2.05, 4.69) is 29.2 Å². The third-order valence-electron chi connectivity index (χ3n) is 5.14. The quantitative estimate of drug-likeness (QED) is 0.725. The molecule has 1 aliphatic rings. The van der Waals surface area contributed by atoms with Gasteiger partial charge in [0.1, 0.15) is 11.5 Å². The molecule has 0 radical (unpaired) electrons. The van der Waals surface area contributed by atoms with Gasteiger partial charge in [0.05, 0.1) is 5.52 Å². The monoisotopic (exact) mass is 351 g/mol. The number of aromatic nitrogens is 1. The summed E-state index contributed by atoms with van der Waals surface area (Å²) in [7, 11) is 1.82. The van der Waals surface area contributed by atoms with Crippen LogP contribution < -0.4 is 0 Å². The molecule has 2 aromatic carbocycles. The molecule has 1 amide bonds. The fraction of sp³-hybridized carbons (Fsp3) is 0.286. The minimum Gasteiger partial charge on any atom is -0.340 e. The van der Waals surface area contributed by atoms with E-state index in [1.165, 1.54) is 17.7 Å². The van der Waals surface area contributed by atoms with Crippen LogP contribution in [0.25, 0.3) is 10.9 Å². The van der Waals surface area contributed by atoms with Crippen LogP contribution in [0.2, 0.25) is 0 Å². The summed E-state index contributed by atoms with van der Waals surface area (Å²) in [6, 6.07) is 16.9. The van der Waals surface area contributed by atoms with Crippen molar-refractivity contribution >= 4 is 16.8 Å². The molecule has 0 unspecified atom stereocenters. The van der Waals surface area contributed by atoms with Crippen LogP contribution >= 0.6 is 0 Å². The molecule has 0 atom stereocenters. The molecule has 0 spiro atoms. The normalized spacial score (nSPS) is 15.5. The topological polar surface area (TPSA) is 28.5 Å². The Morgan fingerprint density at radius 1 is 1.00 bits per heavy atom. The molecular weight excluding hydrogens is 329 g/mol. The van der Waals surface area contributed by atoms with Crippen molar-refractivity contribution in [2.24, 2.45) is 7.05 Å². The first-order valence-electron chi connectivity index (χ1n) is 8.92. The van der Waals surface area contributed by atoms with Crippen LogP contribution in [0.1, 0.15) is 16.1 Å². The lowest BCUT2D eigenvalue weighted by Gasteiger charge is -2.34. The summed E-state index contributed by atoms with van der Waals surface area (Å²) in [6.07, 6.45) is 0. The number of carbonyl (C=O) groups excluding carboxylic acids is 1. The number of aryl methyl sites for hydroxylation is 1. The average Bonchev–Trinajstić information content (AvgIpc) is 2.99. The van der Waals surface area contributed by atoms with Gasteiger partial charge < -0.3 is 9.47 Å². The highest BCUT2D eigenvalue weighted by Gasteiger charge is 2.24. The van der Waals surface area contributed by atoms with Crippen LogP contribution in [-0.4, -0.2) is 46.5 Å². The molecule has 1 aliphatic heterocycles. The lowest BCUT2D eigenvalue weighted by Crippen LogP contribution is -2.48. The Bertz CT molecular complexity index is 927. The van der Waals surface area contributed by atoms with Crippen molar-refractivity contribution in [1.29, 1.82) is 0 Å². The van der Waals surface area contributed by atoms with Crippen LogP contribution in [0.5, 0.6) is 0 Å². The van der Waals surface area contributed by atoms with Crippen molar-refractivity contribution in [3.8, 4) is 0 Å². The zero-order valence-electron chi connectivity index (χ0n) is 14.9. The fourth-order valence-electron chi connectivity index (χ4n) is 3.62. The van der Waals surface area contributed by atoms with Crippen molar-refractivity contribution in [2.75, 3.05) is 26.2 Å². The van der Waals surface area contributed by atoms with Crippen LogP contribution in [-0.2, 0) is 13.6 Å². The van der Waals surface area contributed by atoms with Gasteiger partial charge in [-0.15, -0.1) is 0 Å². The van der Waals surface area contributed by atoms with E-state index in [0.29, 0.717) is 18.8 Å². The molecule has 1 saturated heterocycles. The van der Waals surface area contributed by atoms with E-state index in [0.717, 1.165) is 30.5 Å². The average molecular weight is 351 g/mol. The first-order chi connectivity index (χ1) is 12.6. The molecule has 134 valence electrons. The summed E-state index contributed by atoms with van der Waals surface area (Å²) in [5, 5.41) is 0.889. The molecule has 0 bridgehead atoms. The largest absolute Gasteiger partial charge is 0.340 e. The van der Waals surface area contributed by atoms with Crippen LogP contribution in [0.15, 0.2) is 54.6 Å². The SMILES string of the molecule is Cn1c(C(=O)N2CCN(Cc3ccccc3)CC2)cc2ccc(F)cc21. The first kappa shape index (κ1) is 16.8. The summed E-state index contributed by atoms with van der Waals surface area (Å²) >= 11 is 0. The van der Waals surface area contributed by atoms with Crippen molar-refractivity contribution in [1.82, 2.24) is 14.4 Å². The third-order valence-corrected chi connectivity index (χ3v) is 5.14. The molecule has 1 aromatic heterocycles. The number of nitrogens with zero attached hydrogens (tertiary/aromatic N) is 3. The number of hydrogen-bond donors (Lipinski definition) is 0. The number of amides is 1. The minimum atomic E-state index is -0.285. The van der Waals surface area contributed by atoms with E-state index in [1.54, 1.807) is 10.6 Å². The van der Waals surface area contributed by atoms with Gasteiger partial charge in [0.15, 0.2) is 0 Å². The van der Waals surface area contributed by atoms with Gasteiger partial charge in [-0.3, -0.25) is 9.69 Å². The molecule has 1 fully saturated rings. The van der Waals surface area contributed by atoms with Gasteiger partial charge in [-0.1, -0.05) is 30.3 Å². The Balaban J connectivity index is 1.44. The summed E-state index contributed by atoms with van der Waals surface area (Å²) in [5.41, 5.74) is 2.65. The highest BCUT2D eigenvalue weighted by molar-refractivity contribution is 5.98. The Kier molecular flexibility index (Phi) is 4.47. The Morgan fingerprint density at radius 2 is 1.73 bits per heavy atom. The first-order valence-corrected chi connectivity index (χ1v) is 8.92. The Labute approximate surface area is 152 Å². The van der Waals surface area contributed by atoms with Gasteiger partial charge in [-0.2, -0.15) is 0 Å². The molecule has 2 heterocycles. The lowest BCUT2D eigenvalue weighted by atomic mass is 10.2. The summed E-state index contributed by atoms with van der Waals surface area (Å²) in [6.45, 7) is 4.05. The van der Waals surface area contributed by atoms with Crippen molar-refractivity contribution in [3.05, 3.63) is 71.7 Å². The number of piperazine rings is 1. The number of hydrogen-bond acceptors (Lipinski definition) is 2. The maximum Gasteiger partial charge on any atom is 0.270 e. The van der Waals surface area contributed by atoms with E-state index in [-0.39, 0.29) is 11.7 Å². The molecule has 0 saturated carbocycles. The zero-order chi connectivity index (χ0) is 18.1. The number of rotatable bonds is 3. The maximum atomic E-state index is 13.5. The maximum absolute atomic E-state index is 13.5. The predicted octanol–water partition coefficient (Wildman–Crippen LogP) is 3.28. The lowest BCUT2D eigenvalue weighted by molar-refractivity contribution is 0.0619. The second kappa shape index (κ2) is 6.92. The van der Waals surface area contributed by atoms with Crippen molar-refractivity contribution in [2.45, 2.75) is 6.54 Å². The van der Waals surface area contributed by atoms with Crippen molar-refractivity contribution in [3.63, 3.8) is 0 Å². The summed E-state index contributed by atoms with van der Waals surface area (Å²) in [4.78, 5) is 17.2. The molecule has 0 N–H and O–H groups in total. The van der Waals surface area contributed by atoms with Gasteiger partial charge in [0, 0.05) is 45.2 Å². The van der Waals surface area contributed by atoms with Gasteiger partial charge >= 0.3 is 0 Å². The minimum absolute atomic E-state index is 0.0171. The standard InChI is InChI=1S/C21H22FN3O/c1-23-19-14-18(22)8-7-17(19)13-20(23)21(26)25-11-9-24(10-12-25)15-16-5-3-2-4-6-16/h2-8,13-14H,9-12,15H2,1H3. The highest BCUT2D eigenvalue weighted by atomic mass is 19.1. The molecular formula is C21H22FN3O. The fourth-order valence-corrected chi connectivity index (χ4v) is 3.62. The number of carbonyl (C=O) groups is 1. The smallest absolute Gasteiger partial charge is 0.270 e. The second-order valence-corrected chi connectivity index (χ2v) is 6.85. The molecule has 0 aliphatic carbocycles. The van der Waals surface area contributed by atoms with E-state index in [9.17, 15) is 9.18 Å². The molecule has 26 heavy (non-hydrogen) atoms. The summed E-state index contributed by atoms with van der Waals surface area (Å²) < 4.78 is 15.3. The van der Waals surface area contributed by atoms with E-state index in [4.69, 9.17) is 0 Å². The molecule has 3 aromatic rings. The summed E-state index contributed by atoms with van der Waals surface area (Å²) in [5.74, 6) is -0.268. The highest BCUT2D eigenvalue weighted by Crippen LogP contribution is 2.21. The van der Waals surface area contributed by atoms with E-state index < -0.39 is 0 Å². The van der Waals surface area contributed by atoms with Gasteiger partial charge in [-0.05, 0) is 29.8 Å². The zero-order valence-corrected chi connectivity index (χ0v) is 14.9. The Hall–Kier alpha value is -2.66. The van der Waals surface area contributed by atoms with E-state index in [1.807, 2.05) is 24.1 Å². The number of halogens is 1. The predicted molar refractivity (Wildman–Crippen MR) is 100 cm³/mol. The van der Waals surface area contributed by atoms with Crippen LogP contribution in [0.3, 0.4) is 0 Å². The second-order valence-electron chi connectivity index (χ2n) is 6.85. The third kappa shape index (κ3) is 3.22. The van der Waals surface area contributed by atoms with Gasteiger partial charge in [-0.25, -0.2) is 4.39 Å². The van der Waals surface area contributed by atoms with Crippen LogP contribution in [0, 0.1) is 5.82 Å². The molecule has 4 rings (SSSR count). The van der Waals surface area contributed by atoms with E-state index >= 15 is 0 Å². The van der Waals surface area contributed by atoms with Crippen LogP contribution in [0.4, 0.5) is 4.39 Å². The Morgan fingerprint density at radius 3 is 2.46 bits per heavy atom. The number of benzene rings is 2. The molecule has 5 heteroatoms. The van der Waals surface area contributed by atoms with Crippen molar-refractivity contribution < 1.29 is 9.18 Å². The van der Waals surface area contributed by atoms with Gasteiger partial charge in [0.2, 0.25) is 0 Å².